The highest BCUT2D eigenvalue weighted by atomic mass is 32.1. The maximum absolute atomic E-state index is 9.62. The second-order valence-electron chi connectivity index (χ2n) is 5.82. The van der Waals surface area contributed by atoms with Crippen molar-refractivity contribution in [3.63, 3.8) is 0 Å². The minimum absolute atomic E-state index is 0.0145. The number of thiol groups is 2. The monoisotopic (exact) mass is 366 g/mol. The molecule has 8 heteroatoms. The highest BCUT2D eigenvalue weighted by molar-refractivity contribution is 7.81. The van der Waals surface area contributed by atoms with Gasteiger partial charge in [0, 0.05) is 5.41 Å². The number of carboxylic acid groups (broad SMARTS) is 2. The Labute approximate surface area is 147 Å². The van der Waals surface area contributed by atoms with Gasteiger partial charge in [0.05, 0.1) is 23.7 Å². The molecule has 0 aromatic rings. The summed E-state index contributed by atoms with van der Waals surface area (Å²) in [7, 11) is 0. The van der Waals surface area contributed by atoms with Crippen LogP contribution in [0.15, 0.2) is 11.6 Å². The molecule has 2 aliphatic rings. The number of carbonyl (C=O) groups is 2. The molecule has 6 nitrogen and oxygen atoms in total. The number of hydrogen-bond acceptors (Lipinski definition) is 6. The van der Waals surface area contributed by atoms with E-state index in [2.05, 4.69) is 31.3 Å². The normalized spacial score (nSPS) is 26.9. The molecule has 4 atom stereocenters. The van der Waals surface area contributed by atoms with Crippen LogP contribution < -0.4 is 0 Å². The number of carboxylic acids is 2. The molecule has 2 rings (SSSR count). The molecular weight excluding hydrogens is 340 g/mol. The standard InChI is InChI=1S/C9H14O2.2C3H6O2S/c10-5-8-3-7-1-2-9(8,4-7)6-11;2*1-2(6)3(4)5/h3,7,10-11H,1-2,4-6H2;2*2,6H,1H3,(H,4,5). The van der Waals surface area contributed by atoms with E-state index in [1.54, 1.807) is 0 Å². The average Bonchev–Trinajstić information content (AvgIpc) is 3.06. The maximum atomic E-state index is 9.62. The van der Waals surface area contributed by atoms with Crippen molar-refractivity contribution in [2.75, 3.05) is 13.2 Å². The molecule has 0 aliphatic heterocycles. The predicted octanol–water partition coefficient (Wildman–Crippen LogP) is 1.48. The fourth-order valence-electron chi connectivity index (χ4n) is 2.53. The summed E-state index contributed by atoms with van der Waals surface area (Å²) in [5.74, 6) is -1.11. The number of aliphatic carboxylic acids is 2. The smallest absolute Gasteiger partial charge is 0.316 e. The summed E-state index contributed by atoms with van der Waals surface area (Å²) in [5.41, 5.74) is 1.07. The molecule has 0 aromatic carbocycles. The summed E-state index contributed by atoms with van der Waals surface area (Å²) in [4.78, 5) is 19.2. The van der Waals surface area contributed by atoms with Crippen molar-refractivity contribution < 1.29 is 30.0 Å². The molecule has 2 bridgehead atoms. The molecule has 1 saturated carbocycles. The molecule has 2 aliphatic carbocycles. The highest BCUT2D eigenvalue weighted by Gasteiger charge is 2.45. The van der Waals surface area contributed by atoms with E-state index in [4.69, 9.17) is 15.3 Å². The van der Waals surface area contributed by atoms with Crippen LogP contribution in [0.3, 0.4) is 0 Å². The largest absolute Gasteiger partial charge is 0.480 e. The van der Waals surface area contributed by atoms with E-state index in [0.29, 0.717) is 5.92 Å². The van der Waals surface area contributed by atoms with Crippen LogP contribution in [-0.2, 0) is 9.59 Å². The third-order valence-electron chi connectivity index (χ3n) is 3.95. The van der Waals surface area contributed by atoms with Crippen molar-refractivity contribution >= 4 is 37.2 Å². The average molecular weight is 367 g/mol. The first-order valence-electron chi connectivity index (χ1n) is 7.34. The molecule has 4 unspecified atom stereocenters. The highest BCUT2D eigenvalue weighted by Crippen LogP contribution is 2.53. The molecule has 1 fully saturated rings. The molecule has 0 saturated heterocycles. The first kappa shape index (κ1) is 22.3. The van der Waals surface area contributed by atoms with E-state index in [0.717, 1.165) is 18.4 Å². The second-order valence-corrected chi connectivity index (χ2v) is 7.37. The van der Waals surface area contributed by atoms with Gasteiger partial charge in [0.2, 0.25) is 0 Å². The van der Waals surface area contributed by atoms with Gasteiger partial charge in [-0.2, -0.15) is 25.3 Å². The van der Waals surface area contributed by atoms with Crippen LogP contribution in [0.1, 0.15) is 33.1 Å². The lowest BCUT2D eigenvalue weighted by atomic mass is 9.81. The third-order valence-corrected chi connectivity index (χ3v) is 4.39. The summed E-state index contributed by atoms with van der Waals surface area (Å²) in [5, 5.41) is 33.0. The Bertz CT molecular complexity index is 418. The third kappa shape index (κ3) is 7.15. The number of fused-ring (bicyclic) bond motifs is 2. The summed E-state index contributed by atoms with van der Waals surface area (Å²) in [6.45, 7) is 3.36. The van der Waals surface area contributed by atoms with E-state index in [1.165, 1.54) is 20.3 Å². The zero-order chi connectivity index (χ0) is 18.2. The Morgan fingerprint density at radius 3 is 1.87 bits per heavy atom. The lowest BCUT2D eigenvalue weighted by Crippen LogP contribution is -2.24. The molecule has 4 N–H and O–H groups in total. The van der Waals surface area contributed by atoms with Crippen LogP contribution in [0.2, 0.25) is 0 Å². The SMILES string of the molecule is CC(S)C(=O)O.CC(S)C(=O)O.OCC1=CC2CCC1(CO)C2. The van der Waals surface area contributed by atoms with Gasteiger partial charge in [-0.25, -0.2) is 0 Å². The van der Waals surface area contributed by atoms with Gasteiger partial charge >= 0.3 is 11.9 Å². The maximum Gasteiger partial charge on any atom is 0.316 e. The Kier molecular flexibility index (Phi) is 9.91. The van der Waals surface area contributed by atoms with Gasteiger partial charge in [0.1, 0.15) is 0 Å². The lowest BCUT2D eigenvalue weighted by Gasteiger charge is -2.26. The number of aliphatic hydroxyl groups is 2. The summed E-state index contributed by atoms with van der Waals surface area (Å²) in [6.07, 6.45) is 5.49. The van der Waals surface area contributed by atoms with Crippen molar-refractivity contribution in [3.8, 4) is 0 Å². The Balaban J connectivity index is 0.000000349. The van der Waals surface area contributed by atoms with Gasteiger partial charge in [0.15, 0.2) is 0 Å². The second kappa shape index (κ2) is 10.2. The first-order chi connectivity index (χ1) is 10.6. The quantitative estimate of drug-likeness (QED) is 0.332. The summed E-state index contributed by atoms with van der Waals surface area (Å²) < 4.78 is 0. The van der Waals surface area contributed by atoms with Gasteiger partial charge in [-0.1, -0.05) is 6.08 Å². The predicted molar refractivity (Wildman–Crippen MR) is 94.2 cm³/mol. The van der Waals surface area contributed by atoms with Crippen molar-refractivity contribution in [1.29, 1.82) is 0 Å². The Hall–Kier alpha value is -0.700. The molecule has 0 aromatic heterocycles. The topological polar surface area (TPSA) is 115 Å². The summed E-state index contributed by atoms with van der Waals surface area (Å²) >= 11 is 7.19. The van der Waals surface area contributed by atoms with Crippen LogP contribution in [0.25, 0.3) is 0 Å². The lowest BCUT2D eigenvalue weighted by molar-refractivity contribution is -0.137. The van der Waals surface area contributed by atoms with Crippen molar-refractivity contribution in [1.82, 2.24) is 0 Å². The van der Waals surface area contributed by atoms with Crippen LogP contribution in [0, 0.1) is 11.3 Å². The number of allylic oxidation sites excluding steroid dienone is 1. The van der Waals surface area contributed by atoms with E-state index in [-0.39, 0.29) is 18.6 Å². The van der Waals surface area contributed by atoms with Gasteiger partial charge < -0.3 is 20.4 Å². The van der Waals surface area contributed by atoms with Crippen LogP contribution in [-0.4, -0.2) is 56.1 Å². The molecule has 0 radical (unpaired) electrons. The zero-order valence-corrected chi connectivity index (χ0v) is 15.1. The fourth-order valence-corrected chi connectivity index (χ4v) is 2.53. The Morgan fingerprint density at radius 2 is 1.65 bits per heavy atom. The first-order valence-corrected chi connectivity index (χ1v) is 8.37. The number of rotatable bonds is 4. The van der Waals surface area contributed by atoms with Crippen molar-refractivity contribution in [3.05, 3.63) is 11.6 Å². The van der Waals surface area contributed by atoms with Gasteiger partial charge in [0.25, 0.3) is 0 Å². The van der Waals surface area contributed by atoms with E-state index >= 15 is 0 Å². The molecule has 134 valence electrons. The van der Waals surface area contributed by atoms with Crippen LogP contribution >= 0.6 is 25.3 Å². The van der Waals surface area contributed by atoms with Gasteiger partial charge in [-0.05, 0) is 44.6 Å². The van der Waals surface area contributed by atoms with Gasteiger partial charge in [-0.3, -0.25) is 9.59 Å². The fraction of sp³-hybridized carbons (Fsp3) is 0.733. The van der Waals surface area contributed by atoms with E-state index in [9.17, 15) is 14.7 Å². The minimum Gasteiger partial charge on any atom is -0.480 e. The molecule has 0 heterocycles. The van der Waals surface area contributed by atoms with Crippen molar-refractivity contribution in [2.24, 2.45) is 11.3 Å². The van der Waals surface area contributed by atoms with E-state index in [1.807, 2.05) is 0 Å². The number of hydrogen-bond donors (Lipinski definition) is 6. The van der Waals surface area contributed by atoms with Crippen molar-refractivity contribution in [2.45, 2.75) is 43.6 Å². The molecular formula is C15H26O6S2. The Morgan fingerprint density at radius 1 is 1.22 bits per heavy atom. The molecule has 0 amide bonds. The minimum atomic E-state index is -0.877. The summed E-state index contributed by atoms with van der Waals surface area (Å²) in [6, 6.07) is 0. The molecule has 23 heavy (non-hydrogen) atoms. The molecule has 0 spiro atoms. The van der Waals surface area contributed by atoms with Gasteiger partial charge in [-0.15, -0.1) is 0 Å². The van der Waals surface area contributed by atoms with Crippen LogP contribution in [0.4, 0.5) is 0 Å². The zero-order valence-electron chi connectivity index (χ0n) is 13.3. The van der Waals surface area contributed by atoms with E-state index < -0.39 is 22.4 Å². The number of aliphatic hydroxyl groups excluding tert-OH is 2. The van der Waals surface area contributed by atoms with Crippen LogP contribution in [0.5, 0.6) is 0 Å².